The van der Waals surface area contributed by atoms with Crippen molar-refractivity contribution in [2.75, 3.05) is 5.32 Å². The van der Waals surface area contributed by atoms with Crippen LogP contribution in [0.4, 0.5) is 10.1 Å². The Morgan fingerprint density at radius 3 is 2.47 bits per heavy atom. The maximum absolute atomic E-state index is 13.0. The lowest BCUT2D eigenvalue weighted by atomic mass is 10.1. The predicted molar refractivity (Wildman–Crippen MR) is 72.6 cm³/mol. The van der Waals surface area contributed by atoms with E-state index in [-0.39, 0.29) is 11.9 Å². The van der Waals surface area contributed by atoms with Gasteiger partial charge in [-0.1, -0.05) is 40.2 Å². The molecule has 0 amide bonds. The average molecular weight is 294 g/mol. The van der Waals surface area contributed by atoms with Crippen molar-refractivity contribution < 1.29 is 4.39 Å². The average Bonchev–Trinajstić information content (AvgIpc) is 2.30. The standard InChI is InChI=1S/C14H13BrFN/c1-10(17-12-5-3-2-4-6-12)13-8-7-11(16)9-14(13)15/h2-10,17H,1H3. The van der Waals surface area contributed by atoms with E-state index in [9.17, 15) is 4.39 Å². The van der Waals surface area contributed by atoms with Crippen molar-refractivity contribution in [1.82, 2.24) is 0 Å². The van der Waals surface area contributed by atoms with Gasteiger partial charge in [0.25, 0.3) is 0 Å². The van der Waals surface area contributed by atoms with Gasteiger partial charge in [0.2, 0.25) is 0 Å². The molecule has 0 bridgehead atoms. The summed E-state index contributed by atoms with van der Waals surface area (Å²) in [7, 11) is 0. The maximum Gasteiger partial charge on any atom is 0.124 e. The van der Waals surface area contributed by atoms with Gasteiger partial charge in [-0.3, -0.25) is 0 Å². The van der Waals surface area contributed by atoms with E-state index < -0.39 is 0 Å². The maximum atomic E-state index is 13.0. The van der Waals surface area contributed by atoms with Gasteiger partial charge in [0.15, 0.2) is 0 Å². The van der Waals surface area contributed by atoms with Crippen molar-refractivity contribution in [1.29, 1.82) is 0 Å². The smallest absolute Gasteiger partial charge is 0.124 e. The minimum absolute atomic E-state index is 0.118. The highest BCUT2D eigenvalue weighted by Crippen LogP contribution is 2.26. The fourth-order valence-corrected chi connectivity index (χ4v) is 2.41. The third kappa shape index (κ3) is 3.07. The third-order valence-corrected chi connectivity index (χ3v) is 3.27. The lowest BCUT2D eigenvalue weighted by Crippen LogP contribution is -2.07. The second-order valence-electron chi connectivity index (χ2n) is 3.90. The minimum atomic E-state index is -0.229. The van der Waals surface area contributed by atoms with Gasteiger partial charge in [-0.2, -0.15) is 0 Å². The molecule has 2 aromatic rings. The second kappa shape index (κ2) is 5.32. The summed E-state index contributed by atoms with van der Waals surface area (Å²) in [6.45, 7) is 2.05. The van der Waals surface area contributed by atoms with Crippen molar-refractivity contribution in [3.8, 4) is 0 Å². The van der Waals surface area contributed by atoms with Gasteiger partial charge in [-0.15, -0.1) is 0 Å². The number of halogens is 2. The Kier molecular flexibility index (Phi) is 3.79. The lowest BCUT2D eigenvalue weighted by molar-refractivity contribution is 0.625. The highest BCUT2D eigenvalue weighted by molar-refractivity contribution is 9.10. The van der Waals surface area contributed by atoms with Crippen LogP contribution in [0.25, 0.3) is 0 Å². The molecule has 0 fully saturated rings. The summed E-state index contributed by atoms with van der Waals surface area (Å²) in [5.74, 6) is -0.229. The molecule has 1 N–H and O–H groups in total. The van der Waals surface area contributed by atoms with Gasteiger partial charge in [0, 0.05) is 16.2 Å². The molecule has 0 saturated carbocycles. The van der Waals surface area contributed by atoms with Crippen molar-refractivity contribution in [2.24, 2.45) is 0 Å². The van der Waals surface area contributed by atoms with Crippen LogP contribution in [0, 0.1) is 5.82 Å². The summed E-state index contributed by atoms with van der Waals surface area (Å²) < 4.78 is 13.8. The zero-order valence-electron chi connectivity index (χ0n) is 9.45. The molecule has 1 nitrogen and oxygen atoms in total. The van der Waals surface area contributed by atoms with Crippen molar-refractivity contribution in [3.05, 3.63) is 64.4 Å². The van der Waals surface area contributed by atoms with E-state index in [1.54, 1.807) is 6.07 Å². The Hall–Kier alpha value is -1.35. The molecular weight excluding hydrogens is 281 g/mol. The summed E-state index contributed by atoms with van der Waals surface area (Å²) in [5.41, 5.74) is 2.09. The van der Waals surface area contributed by atoms with Crippen LogP contribution in [-0.2, 0) is 0 Å². The number of para-hydroxylation sites is 1. The Balaban J connectivity index is 2.17. The number of rotatable bonds is 3. The molecule has 1 atom stereocenters. The monoisotopic (exact) mass is 293 g/mol. The van der Waals surface area contributed by atoms with Crippen LogP contribution in [0.2, 0.25) is 0 Å². The SMILES string of the molecule is CC(Nc1ccccc1)c1ccc(F)cc1Br. The van der Waals surface area contributed by atoms with Crippen LogP contribution in [0.15, 0.2) is 53.0 Å². The number of anilines is 1. The Morgan fingerprint density at radius 2 is 1.82 bits per heavy atom. The largest absolute Gasteiger partial charge is 0.378 e. The molecule has 2 aromatic carbocycles. The summed E-state index contributed by atoms with van der Waals surface area (Å²) in [6.07, 6.45) is 0. The first-order valence-corrected chi connectivity index (χ1v) is 6.22. The first-order valence-electron chi connectivity index (χ1n) is 5.43. The molecule has 0 radical (unpaired) electrons. The molecule has 0 aromatic heterocycles. The summed E-state index contributed by atoms with van der Waals surface area (Å²) in [4.78, 5) is 0. The molecule has 17 heavy (non-hydrogen) atoms. The molecule has 3 heteroatoms. The predicted octanol–water partition coefficient (Wildman–Crippen LogP) is 4.76. The third-order valence-electron chi connectivity index (χ3n) is 2.59. The topological polar surface area (TPSA) is 12.0 Å². The molecular formula is C14H13BrFN. The lowest BCUT2D eigenvalue weighted by Gasteiger charge is -2.17. The summed E-state index contributed by atoms with van der Waals surface area (Å²) in [6, 6.07) is 14.8. The highest BCUT2D eigenvalue weighted by Gasteiger charge is 2.09. The van der Waals surface area contributed by atoms with E-state index in [1.165, 1.54) is 12.1 Å². The van der Waals surface area contributed by atoms with Gasteiger partial charge < -0.3 is 5.32 Å². The molecule has 88 valence electrons. The molecule has 0 aliphatic heterocycles. The van der Waals surface area contributed by atoms with E-state index >= 15 is 0 Å². The second-order valence-corrected chi connectivity index (χ2v) is 4.75. The van der Waals surface area contributed by atoms with Crippen LogP contribution in [0.5, 0.6) is 0 Å². The van der Waals surface area contributed by atoms with Crippen LogP contribution < -0.4 is 5.32 Å². The molecule has 0 aliphatic rings. The molecule has 1 unspecified atom stereocenters. The van der Waals surface area contributed by atoms with Crippen LogP contribution in [0.3, 0.4) is 0 Å². The number of benzene rings is 2. The van der Waals surface area contributed by atoms with Crippen LogP contribution in [0.1, 0.15) is 18.5 Å². The fourth-order valence-electron chi connectivity index (χ4n) is 1.71. The van der Waals surface area contributed by atoms with E-state index in [0.29, 0.717) is 0 Å². The van der Waals surface area contributed by atoms with Gasteiger partial charge in [0.05, 0.1) is 0 Å². The zero-order valence-corrected chi connectivity index (χ0v) is 11.0. The van der Waals surface area contributed by atoms with Gasteiger partial charge >= 0.3 is 0 Å². The van der Waals surface area contributed by atoms with Crippen LogP contribution >= 0.6 is 15.9 Å². The molecule has 0 saturated heterocycles. The molecule has 2 rings (SSSR count). The van der Waals surface area contributed by atoms with E-state index in [4.69, 9.17) is 0 Å². The quantitative estimate of drug-likeness (QED) is 0.860. The fraction of sp³-hybridized carbons (Fsp3) is 0.143. The molecule has 0 spiro atoms. The summed E-state index contributed by atoms with van der Waals surface area (Å²) >= 11 is 3.38. The normalized spacial score (nSPS) is 12.2. The number of hydrogen-bond acceptors (Lipinski definition) is 1. The molecule has 0 heterocycles. The van der Waals surface area contributed by atoms with Gasteiger partial charge in [-0.25, -0.2) is 4.39 Å². The summed E-state index contributed by atoms with van der Waals surface area (Å²) in [5, 5.41) is 3.37. The first kappa shape index (κ1) is 12.1. The molecule has 0 aliphatic carbocycles. The Morgan fingerprint density at radius 1 is 1.12 bits per heavy atom. The van der Waals surface area contributed by atoms with Crippen molar-refractivity contribution in [3.63, 3.8) is 0 Å². The van der Waals surface area contributed by atoms with E-state index in [1.807, 2.05) is 37.3 Å². The van der Waals surface area contributed by atoms with E-state index in [0.717, 1.165) is 15.7 Å². The van der Waals surface area contributed by atoms with Gasteiger partial charge in [0.1, 0.15) is 5.82 Å². The van der Waals surface area contributed by atoms with Crippen LogP contribution in [-0.4, -0.2) is 0 Å². The number of nitrogens with one attached hydrogen (secondary N) is 1. The van der Waals surface area contributed by atoms with Crippen molar-refractivity contribution in [2.45, 2.75) is 13.0 Å². The number of hydrogen-bond donors (Lipinski definition) is 1. The zero-order chi connectivity index (χ0) is 12.3. The Labute approximate surface area is 109 Å². The van der Waals surface area contributed by atoms with E-state index in [2.05, 4.69) is 21.2 Å². The minimum Gasteiger partial charge on any atom is -0.378 e. The highest BCUT2D eigenvalue weighted by atomic mass is 79.9. The Bertz CT molecular complexity index is 499. The van der Waals surface area contributed by atoms with Gasteiger partial charge in [-0.05, 0) is 36.8 Å². The first-order chi connectivity index (χ1) is 8.16. The van der Waals surface area contributed by atoms with Crippen molar-refractivity contribution >= 4 is 21.6 Å².